The molecule has 2 aromatic heterocycles. The third-order valence-corrected chi connectivity index (χ3v) is 2.94. The number of aromatic nitrogens is 3. The third kappa shape index (κ3) is 1.88. The van der Waals surface area contributed by atoms with Crippen molar-refractivity contribution in [1.29, 1.82) is 0 Å². The Morgan fingerprint density at radius 2 is 1.72 bits per heavy atom. The van der Waals surface area contributed by atoms with Gasteiger partial charge in [0.15, 0.2) is 5.82 Å². The van der Waals surface area contributed by atoms with Crippen molar-refractivity contribution in [3.63, 3.8) is 0 Å². The first kappa shape index (κ1) is 12.3. The first-order chi connectivity index (χ1) is 8.25. The number of H-pyrrole nitrogens is 1. The molecule has 1 N–H and O–H groups in total. The molecule has 0 radical (unpaired) electrons. The van der Waals surface area contributed by atoms with Crippen LogP contribution in [-0.4, -0.2) is 15.0 Å². The largest absolute Gasteiger partial charge is 0.346 e. The molecule has 0 saturated carbocycles. The van der Waals surface area contributed by atoms with Crippen LogP contribution < -0.4 is 0 Å². The van der Waals surface area contributed by atoms with Crippen LogP contribution in [0.15, 0.2) is 36.5 Å². The lowest BCUT2D eigenvalue weighted by atomic mass is 10.2. The molecule has 0 unspecified atom stereocenters. The predicted octanol–water partition coefficient (Wildman–Crippen LogP) is 3.88. The van der Waals surface area contributed by atoms with E-state index in [1.807, 2.05) is 43.5 Å². The highest BCUT2D eigenvalue weighted by molar-refractivity contribution is 5.83. The molecule has 18 heavy (non-hydrogen) atoms. The summed E-state index contributed by atoms with van der Waals surface area (Å²) in [5, 5.41) is 1.13. The van der Waals surface area contributed by atoms with E-state index in [2.05, 4.69) is 21.9 Å². The highest BCUT2D eigenvalue weighted by Gasteiger charge is 2.09. The Morgan fingerprint density at radius 1 is 1.00 bits per heavy atom. The molecule has 0 amide bonds. The van der Waals surface area contributed by atoms with Gasteiger partial charge in [-0.25, -0.2) is 9.97 Å². The molecule has 0 saturated heterocycles. The zero-order chi connectivity index (χ0) is 11.8. The highest BCUT2D eigenvalue weighted by Crippen LogP contribution is 2.22. The smallest absolute Gasteiger partial charge is 0.161 e. The minimum absolute atomic E-state index is 0. The van der Waals surface area contributed by atoms with Gasteiger partial charge in [-0.2, -0.15) is 0 Å². The zero-order valence-corrected chi connectivity index (χ0v) is 9.86. The van der Waals surface area contributed by atoms with Crippen LogP contribution in [0.5, 0.6) is 0 Å². The van der Waals surface area contributed by atoms with Crippen LogP contribution in [0.25, 0.3) is 22.4 Å². The van der Waals surface area contributed by atoms with Crippen LogP contribution in [0.1, 0.15) is 18.7 Å². The van der Waals surface area contributed by atoms with Crippen molar-refractivity contribution >= 4 is 11.0 Å². The van der Waals surface area contributed by atoms with Crippen LogP contribution in [0.3, 0.4) is 0 Å². The topological polar surface area (TPSA) is 41.6 Å². The Balaban J connectivity index is 0.00000120. The number of fused-ring (bicyclic) bond motifs is 1. The number of nitrogens with one attached hydrogen (secondary N) is 1. The predicted molar refractivity (Wildman–Crippen MR) is 75.5 cm³/mol. The second-order valence-corrected chi connectivity index (χ2v) is 4.19. The first-order valence-corrected chi connectivity index (χ1v) is 5.63. The fraction of sp³-hybridized carbons (Fsp3) is 0.200. The van der Waals surface area contributed by atoms with Gasteiger partial charge in [-0.1, -0.05) is 37.8 Å². The molecule has 0 spiro atoms. The van der Waals surface area contributed by atoms with Gasteiger partial charge in [0.05, 0.1) is 5.69 Å². The van der Waals surface area contributed by atoms with Crippen LogP contribution in [-0.2, 0) is 0 Å². The normalized spacial score (nSPS) is 10.3. The number of nitrogens with zero attached hydrogens (tertiary/aromatic N) is 2. The van der Waals surface area contributed by atoms with Crippen molar-refractivity contribution in [2.24, 2.45) is 0 Å². The molecule has 92 valence electrons. The van der Waals surface area contributed by atoms with Crippen LogP contribution in [0, 0.1) is 13.8 Å². The molecule has 3 heteroatoms. The zero-order valence-electron chi connectivity index (χ0n) is 9.86. The number of benzene rings is 1. The van der Waals surface area contributed by atoms with Crippen LogP contribution in [0.2, 0.25) is 0 Å². The SMILES string of the molecule is C.Cc1c[nH]c2nc(-c3ccccc3)nc(C)c12. The summed E-state index contributed by atoms with van der Waals surface area (Å²) in [4.78, 5) is 12.3. The van der Waals surface area contributed by atoms with E-state index >= 15 is 0 Å². The fourth-order valence-electron chi connectivity index (χ4n) is 2.11. The number of hydrogen-bond donors (Lipinski definition) is 1. The van der Waals surface area contributed by atoms with Crippen molar-refractivity contribution < 1.29 is 0 Å². The fourth-order valence-corrected chi connectivity index (χ4v) is 2.11. The van der Waals surface area contributed by atoms with Gasteiger partial charge in [-0.05, 0) is 19.4 Å². The summed E-state index contributed by atoms with van der Waals surface area (Å²) >= 11 is 0. The van der Waals surface area contributed by atoms with E-state index in [9.17, 15) is 0 Å². The molecule has 0 bridgehead atoms. The van der Waals surface area contributed by atoms with Gasteiger partial charge < -0.3 is 4.98 Å². The maximum absolute atomic E-state index is 4.57. The summed E-state index contributed by atoms with van der Waals surface area (Å²) in [6, 6.07) is 10.0. The quantitative estimate of drug-likeness (QED) is 0.700. The van der Waals surface area contributed by atoms with Crippen molar-refractivity contribution in [2.45, 2.75) is 21.3 Å². The molecule has 0 atom stereocenters. The van der Waals surface area contributed by atoms with E-state index in [1.54, 1.807) is 0 Å². The van der Waals surface area contributed by atoms with Gasteiger partial charge in [0.2, 0.25) is 0 Å². The van der Waals surface area contributed by atoms with E-state index in [-0.39, 0.29) is 7.43 Å². The van der Waals surface area contributed by atoms with Gasteiger partial charge in [0.1, 0.15) is 5.65 Å². The standard InChI is InChI=1S/C14H13N3.CH4/c1-9-8-15-14-12(9)10(2)16-13(17-14)11-6-4-3-5-7-11;/h3-8H,1-2H3,(H,15,16,17);1H4. The molecular weight excluding hydrogens is 222 g/mol. The average Bonchev–Trinajstić information content (AvgIpc) is 2.73. The Bertz CT molecular complexity index is 669. The summed E-state index contributed by atoms with van der Waals surface area (Å²) in [5.41, 5.74) is 4.17. The first-order valence-electron chi connectivity index (χ1n) is 5.63. The van der Waals surface area contributed by atoms with Crippen molar-refractivity contribution in [2.75, 3.05) is 0 Å². The Labute approximate surface area is 107 Å². The maximum Gasteiger partial charge on any atom is 0.161 e. The van der Waals surface area contributed by atoms with Crippen molar-refractivity contribution in [1.82, 2.24) is 15.0 Å². The molecule has 0 fully saturated rings. The lowest BCUT2D eigenvalue weighted by Crippen LogP contribution is -1.93. The molecular formula is C15H17N3. The van der Waals surface area contributed by atoms with E-state index < -0.39 is 0 Å². The number of hydrogen-bond acceptors (Lipinski definition) is 2. The maximum atomic E-state index is 4.57. The molecule has 2 heterocycles. The minimum atomic E-state index is 0. The van der Waals surface area contributed by atoms with E-state index in [0.717, 1.165) is 28.1 Å². The van der Waals surface area contributed by atoms with E-state index in [4.69, 9.17) is 0 Å². The second kappa shape index (κ2) is 4.61. The molecule has 3 rings (SSSR count). The number of rotatable bonds is 1. The van der Waals surface area contributed by atoms with Gasteiger partial charge in [-0.15, -0.1) is 0 Å². The number of aryl methyl sites for hydroxylation is 2. The second-order valence-electron chi connectivity index (χ2n) is 4.19. The minimum Gasteiger partial charge on any atom is -0.346 e. The molecule has 0 aliphatic carbocycles. The summed E-state index contributed by atoms with van der Waals surface area (Å²) in [6.45, 7) is 4.09. The van der Waals surface area contributed by atoms with Crippen molar-refractivity contribution in [3.05, 3.63) is 47.8 Å². The molecule has 3 nitrogen and oxygen atoms in total. The summed E-state index contributed by atoms with van der Waals surface area (Å²) in [6.07, 6.45) is 1.97. The lowest BCUT2D eigenvalue weighted by Gasteiger charge is -2.03. The monoisotopic (exact) mass is 239 g/mol. The lowest BCUT2D eigenvalue weighted by molar-refractivity contribution is 1.15. The van der Waals surface area contributed by atoms with E-state index in [0.29, 0.717) is 0 Å². The van der Waals surface area contributed by atoms with Gasteiger partial charge in [0, 0.05) is 17.1 Å². The molecule has 3 aromatic rings. The van der Waals surface area contributed by atoms with E-state index in [1.165, 1.54) is 5.56 Å². The summed E-state index contributed by atoms with van der Waals surface area (Å²) in [7, 11) is 0. The summed E-state index contributed by atoms with van der Waals surface area (Å²) in [5.74, 6) is 0.775. The molecule has 1 aromatic carbocycles. The average molecular weight is 239 g/mol. The van der Waals surface area contributed by atoms with Gasteiger partial charge in [-0.3, -0.25) is 0 Å². The molecule has 0 aliphatic heterocycles. The third-order valence-electron chi connectivity index (χ3n) is 2.94. The van der Waals surface area contributed by atoms with Crippen LogP contribution in [0.4, 0.5) is 0 Å². The van der Waals surface area contributed by atoms with Gasteiger partial charge in [0.25, 0.3) is 0 Å². The Kier molecular flexibility index (Phi) is 3.15. The van der Waals surface area contributed by atoms with Gasteiger partial charge >= 0.3 is 0 Å². The highest BCUT2D eigenvalue weighted by atomic mass is 14.9. The Morgan fingerprint density at radius 3 is 2.44 bits per heavy atom. The van der Waals surface area contributed by atoms with Crippen LogP contribution >= 0.6 is 0 Å². The summed E-state index contributed by atoms with van der Waals surface area (Å²) < 4.78 is 0. The van der Waals surface area contributed by atoms with Crippen molar-refractivity contribution in [3.8, 4) is 11.4 Å². The molecule has 0 aliphatic rings. The number of aromatic amines is 1. The Hall–Kier alpha value is -2.16.